The van der Waals surface area contributed by atoms with Crippen LogP contribution < -0.4 is 4.90 Å². The van der Waals surface area contributed by atoms with E-state index >= 15 is 0 Å². The number of amides is 1. The van der Waals surface area contributed by atoms with Crippen LogP contribution in [0.3, 0.4) is 0 Å². The highest BCUT2D eigenvalue weighted by Crippen LogP contribution is 2.40. The van der Waals surface area contributed by atoms with Crippen LogP contribution in [0.5, 0.6) is 0 Å². The van der Waals surface area contributed by atoms with Crippen molar-refractivity contribution in [3.05, 3.63) is 40.6 Å². The molecule has 1 atom stereocenters. The molecule has 2 aromatic rings. The van der Waals surface area contributed by atoms with E-state index < -0.39 is 6.43 Å². The van der Waals surface area contributed by atoms with Gasteiger partial charge in [0.05, 0.1) is 12.2 Å². The number of carbonyl (C=O) groups is 1. The first kappa shape index (κ1) is 20.4. The van der Waals surface area contributed by atoms with E-state index in [1.165, 1.54) is 6.07 Å². The van der Waals surface area contributed by atoms with Gasteiger partial charge in [0.1, 0.15) is 0 Å². The fraction of sp³-hybridized carbons (Fsp3) is 0.565. The zero-order chi connectivity index (χ0) is 21.5. The Balaban J connectivity index is 1.60. The van der Waals surface area contributed by atoms with Crippen LogP contribution in [0.25, 0.3) is 0 Å². The third-order valence-corrected chi connectivity index (χ3v) is 6.67. The van der Waals surface area contributed by atoms with Gasteiger partial charge in [-0.15, -0.1) is 0 Å². The Kier molecular flexibility index (Phi) is 5.42. The number of fused-ring (bicyclic) bond motifs is 2. The zero-order valence-electron chi connectivity index (χ0n) is 17.8. The van der Waals surface area contributed by atoms with Crippen LogP contribution >= 0.6 is 0 Å². The van der Waals surface area contributed by atoms with Gasteiger partial charge in [-0.1, -0.05) is 12.1 Å². The molecule has 0 bridgehead atoms. The van der Waals surface area contributed by atoms with Gasteiger partial charge in [-0.25, -0.2) is 13.5 Å². The monoisotopic (exact) mass is 430 g/mol. The van der Waals surface area contributed by atoms with E-state index in [9.17, 15) is 13.6 Å². The molecule has 166 valence electrons. The van der Waals surface area contributed by atoms with Gasteiger partial charge in [0.2, 0.25) is 5.91 Å². The van der Waals surface area contributed by atoms with E-state index in [1.54, 1.807) is 13.0 Å². The van der Waals surface area contributed by atoms with Gasteiger partial charge in [0, 0.05) is 49.9 Å². The predicted molar refractivity (Wildman–Crippen MR) is 113 cm³/mol. The molecule has 31 heavy (non-hydrogen) atoms. The summed E-state index contributed by atoms with van der Waals surface area (Å²) < 4.78 is 34.9. The van der Waals surface area contributed by atoms with Crippen LogP contribution in [0.1, 0.15) is 67.6 Å². The number of anilines is 2. The summed E-state index contributed by atoms with van der Waals surface area (Å²) in [4.78, 5) is 16.0. The molecule has 5 rings (SSSR count). The number of alkyl halides is 2. The lowest BCUT2D eigenvalue weighted by Crippen LogP contribution is -2.36. The van der Waals surface area contributed by atoms with Crippen molar-refractivity contribution in [3.63, 3.8) is 0 Å². The van der Waals surface area contributed by atoms with Crippen LogP contribution in [-0.4, -0.2) is 40.3 Å². The van der Waals surface area contributed by atoms with Gasteiger partial charge >= 0.3 is 0 Å². The Morgan fingerprint density at radius 2 is 2.06 bits per heavy atom. The Bertz CT molecular complexity index is 984. The average molecular weight is 430 g/mol. The zero-order valence-corrected chi connectivity index (χ0v) is 17.8. The van der Waals surface area contributed by atoms with Gasteiger partial charge in [-0.2, -0.15) is 5.10 Å². The summed E-state index contributed by atoms with van der Waals surface area (Å²) in [6, 6.07) is 4.94. The fourth-order valence-electron chi connectivity index (χ4n) is 5.02. The first-order valence-corrected chi connectivity index (χ1v) is 11.2. The number of carbonyl (C=O) groups excluding carboxylic acids is 1. The van der Waals surface area contributed by atoms with Gasteiger partial charge in [0.15, 0.2) is 12.0 Å². The summed E-state index contributed by atoms with van der Waals surface area (Å²) in [6.45, 7) is 4.18. The summed E-state index contributed by atoms with van der Waals surface area (Å²) >= 11 is 0. The molecule has 0 saturated carbocycles. The topological polar surface area (TPSA) is 50.6 Å². The SMILES string of the molecule is CC(=O)N1CCc2c(c(N3CCCc4ccc(C(F)F)cc43)nn2C2CCCCO2)C1. The van der Waals surface area contributed by atoms with Gasteiger partial charge in [0.25, 0.3) is 6.43 Å². The molecule has 1 aromatic heterocycles. The molecule has 0 N–H and O–H groups in total. The summed E-state index contributed by atoms with van der Waals surface area (Å²) in [6.07, 6.45) is 2.97. The second kappa shape index (κ2) is 8.22. The maximum atomic E-state index is 13.4. The van der Waals surface area contributed by atoms with Gasteiger partial charge in [-0.05, 0) is 43.7 Å². The quantitative estimate of drug-likeness (QED) is 0.719. The van der Waals surface area contributed by atoms with Crippen LogP contribution in [-0.2, 0) is 28.9 Å². The Hall–Kier alpha value is -2.48. The highest BCUT2D eigenvalue weighted by molar-refractivity contribution is 5.75. The molecular formula is C23H28F2N4O2. The first-order chi connectivity index (χ1) is 15.0. The minimum atomic E-state index is -2.51. The summed E-state index contributed by atoms with van der Waals surface area (Å²) in [5, 5.41) is 5.00. The lowest BCUT2D eigenvalue weighted by Gasteiger charge is -2.33. The largest absolute Gasteiger partial charge is 0.357 e. The maximum absolute atomic E-state index is 13.4. The molecule has 0 aliphatic carbocycles. The number of rotatable bonds is 3. The van der Waals surface area contributed by atoms with Crippen molar-refractivity contribution in [2.75, 3.05) is 24.6 Å². The van der Waals surface area contributed by atoms with Crippen molar-refractivity contribution in [2.45, 2.75) is 64.6 Å². The minimum Gasteiger partial charge on any atom is -0.357 e. The van der Waals surface area contributed by atoms with Crippen molar-refractivity contribution in [2.24, 2.45) is 0 Å². The van der Waals surface area contributed by atoms with Crippen molar-refractivity contribution >= 4 is 17.4 Å². The number of aryl methyl sites for hydroxylation is 1. The van der Waals surface area contributed by atoms with Crippen molar-refractivity contribution < 1.29 is 18.3 Å². The molecule has 1 aromatic carbocycles. The molecule has 1 fully saturated rings. The molecule has 1 unspecified atom stereocenters. The van der Waals surface area contributed by atoms with E-state index in [0.717, 1.165) is 80.0 Å². The molecule has 1 saturated heterocycles. The molecular weight excluding hydrogens is 402 g/mol. The van der Waals surface area contributed by atoms with Crippen LogP contribution in [0.2, 0.25) is 0 Å². The number of halogens is 2. The van der Waals surface area contributed by atoms with Gasteiger partial charge in [-0.3, -0.25) is 4.79 Å². The van der Waals surface area contributed by atoms with Crippen molar-refractivity contribution in [1.29, 1.82) is 0 Å². The van der Waals surface area contributed by atoms with Crippen LogP contribution in [0.15, 0.2) is 18.2 Å². The van der Waals surface area contributed by atoms with Crippen molar-refractivity contribution in [3.8, 4) is 0 Å². The maximum Gasteiger partial charge on any atom is 0.263 e. The second-order valence-corrected chi connectivity index (χ2v) is 8.65. The third-order valence-electron chi connectivity index (χ3n) is 6.67. The number of ether oxygens (including phenoxy) is 1. The highest BCUT2D eigenvalue weighted by Gasteiger charge is 2.33. The Morgan fingerprint density at radius 3 is 2.81 bits per heavy atom. The molecule has 8 heteroatoms. The average Bonchev–Trinajstić information content (AvgIpc) is 3.17. The first-order valence-electron chi connectivity index (χ1n) is 11.2. The number of hydrogen-bond donors (Lipinski definition) is 0. The van der Waals surface area contributed by atoms with E-state index in [4.69, 9.17) is 9.84 Å². The standard InChI is InChI=1S/C23H28F2N4O2/c1-15(30)27-11-9-19-18(14-27)23(26-29(19)21-6-2-3-12-31-21)28-10-4-5-16-7-8-17(22(24)25)13-20(16)28/h7-8,13,21-22H,2-6,9-12,14H2,1H3. The normalized spacial score (nSPS) is 21.2. The third kappa shape index (κ3) is 3.71. The number of benzene rings is 1. The Labute approximate surface area is 180 Å². The molecule has 6 nitrogen and oxygen atoms in total. The van der Waals surface area contributed by atoms with Crippen LogP contribution in [0.4, 0.5) is 20.3 Å². The molecule has 3 aliphatic heterocycles. The molecule has 1 amide bonds. The highest BCUT2D eigenvalue weighted by atomic mass is 19.3. The lowest BCUT2D eigenvalue weighted by atomic mass is 9.98. The number of nitrogens with zero attached hydrogens (tertiary/aromatic N) is 4. The minimum absolute atomic E-state index is 0.0277. The van der Waals surface area contributed by atoms with E-state index in [1.807, 2.05) is 15.6 Å². The summed E-state index contributed by atoms with van der Waals surface area (Å²) in [7, 11) is 0. The second-order valence-electron chi connectivity index (χ2n) is 8.65. The number of hydrogen-bond acceptors (Lipinski definition) is 4. The van der Waals surface area contributed by atoms with E-state index in [-0.39, 0.29) is 17.7 Å². The predicted octanol–water partition coefficient (Wildman–Crippen LogP) is 4.51. The summed E-state index contributed by atoms with van der Waals surface area (Å²) in [5.41, 5.74) is 4.02. The van der Waals surface area contributed by atoms with E-state index in [0.29, 0.717) is 13.1 Å². The smallest absolute Gasteiger partial charge is 0.263 e. The van der Waals surface area contributed by atoms with Gasteiger partial charge < -0.3 is 14.5 Å². The van der Waals surface area contributed by atoms with E-state index in [2.05, 4.69) is 4.90 Å². The number of aromatic nitrogens is 2. The van der Waals surface area contributed by atoms with Crippen molar-refractivity contribution in [1.82, 2.24) is 14.7 Å². The molecule has 0 radical (unpaired) electrons. The lowest BCUT2D eigenvalue weighted by molar-refractivity contribution is -0.129. The molecule has 0 spiro atoms. The molecule has 4 heterocycles. The fourth-order valence-corrected chi connectivity index (χ4v) is 5.02. The summed E-state index contributed by atoms with van der Waals surface area (Å²) in [5.74, 6) is 0.819. The van der Waals surface area contributed by atoms with Crippen LogP contribution in [0, 0.1) is 0 Å². The molecule has 3 aliphatic rings. The Morgan fingerprint density at radius 1 is 1.19 bits per heavy atom.